The number of fused-ring (bicyclic) bond motifs is 1. The molecule has 7 heteroatoms. The van der Waals surface area contributed by atoms with E-state index in [-0.39, 0.29) is 5.58 Å². The van der Waals surface area contributed by atoms with Gasteiger partial charge in [-0.05, 0) is 42.0 Å². The Morgan fingerprint density at radius 3 is 2.48 bits per heavy atom. The second-order valence-electron chi connectivity index (χ2n) is 5.20. The Bertz CT molecular complexity index is 1110. The molecule has 0 N–H and O–H groups in total. The van der Waals surface area contributed by atoms with Crippen LogP contribution in [0, 0.1) is 0 Å². The van der Waals surface area contributed by atoms with E-state index in [9.17, 15) is 13.2 Å². The smallest absolute Gasteiger partial charge is 0.355 e. The van der Waals surface area contributed by atoms with Gasteiger partial charge in [0.25, 0.3) is 0 Å². The summed E-state index contributed by atoms with van der Waals surface area (Å²) in [6.07, 6.45) is 1.39. The molecule has 1 heterocycles. The van der Waals surface area contributed by atoms with Gasteiger partial charge in [0.05, 0.1) is 7.11 Å². The van der Waals surface area contributed by atoms with E-state index in [4.69, 9.17) is 20.8 Å². The van der Waals surface area contributed by atoms with Gasteiger partial charge in [0.1, 0.15) is 11.3 Å². The number of sulfone groups is 1. The lowest BCUT2D eigenvalue weighted by molar-refractivity contribution is 0.414. The van der Waals surface area contributed by atoms with Crippen LogP contribution < -0.4 is 10.4 Å². The van der Waals surface area contributed by atoms with Crippen molar-refractivity contribution in [2.45, 2.75) is 4.90 Å². The standard InChI is InChI=1S/C18H13ClO5S/c1-23-15-7-4-13-10-17(18(20)24-16(13)11-15)25(21,22)9-8-12-2-5-14(19)6-3-12/h2-11H,1H3. The van der Waals surface area contributed by atoms with E-state index in [1.165, 1.54) is 25.3 Å². The molecule has 25 heavy (non-hydrogen) atoms. The van der Waals surface area contributed by atoms with E-state index in [1.807, 2.05) is 0 Å². The molecule has 0 spiro atoms. The lowest BCUT2D eigenvalue weighted by atomic mass is 10.2. The van der Waals surface area contributed by atoms with Crippen LogP contribution in [-0.4, -0.2) is 15.5 Å². The minimum atomic E-state index is -3.96. The van der Waals surface area contributed by atoms with Crippen molar-refractivity contribution in [3.8, 4) is 5.75 Å². The van der Waals surface area contributed by atoms with E-state index in [1.54, 1.807) is 36.4 Å². The lowest BCUT2D eigenvalue weighted by Crippen LogP contribution is -2.11. The normalized spacial score (nSPS) is 11.9. The second-order valence-corrected chi connectivity index (χ2v) is 7.44. The molecule has 2 aromatic carbocycles. The summed E-state index contributed by atoms with van der Waals surface area (Å²) >= 11 is 5.79. The van der Waals surface area contributed by atoms with Crippen molar-refractivity contribution >= 4 is 38.5 Å². The molecule has 0 radical (unpaired) electrons. The van der Waals surface area contributed by atoms with E-state index >= 15 is 0 Å². The molecule has 128 valence electrons. The molecular weight excluding hydrogens is 364 g/mol. The molecule has 0 saturated heterocycles. The summed E-state index contributed by atoms with van der Waals surface area (Å²) in [5.41, 5.74) is -0.0330. The fourth-order valence-corrected chi connectivity index (χ4v) is 3.39. The Morgan fingerprint density at radius 1 is 1.08 bits per heavy atom. The molecular formula is C18H13ClO5S. The van der Waals surface area contributed by atoms with Crippen LogP contribution >= 0.6 is 11.6 Å². The van der Waals surface area contributed by atoms with Crippen LogP contribution in [0.15, 0.2) is 68.0 Å². The molecule has 0 aliphatic heterocycles. The average molecular weight is 377 g/mol. The molecule has 0 bridgehead atoms. The number of hydrogen-bond donors (Lipinski definition) is 0. The third-order valence-corrected chi connectivity index (χ3v) is 5.17. The number of methoxy groups -OCH3 is 1. The minimum Gasteiger partial charge on any atom is -0.497 e. The Hall–Kier alpha value is -2.57. The van der Waals surface area contributed by atoms with E-state index in [0.29, 0.717) is 21.7 Å². The number of hydrogen-bond acceptors (Lipinski definition) is 5. The highest BCUT2D eigenvalue weighted by atomic mass is 35.5. The van der Waals surface area contributed by atoms with Gasteiger partial charge in [-0.25, -0.2) is 13.2 Å². The number of ether oxygens (including phenoxy) is 1. The topological polar surface area (TPSA) is 73.6 Å². The van der Waals surface area contributed by atoms with Gasteiger partial charge in [-0.2, -0.15) is 0 Å². The summed E-state index contributed by atoms with van der Waals surface area (Å²) in [6, 6.07) is 12.7. The fourth-order valence-electron chi connectivity index (χ4n) is 2.21. The monoisotopic (exact) mass is 376 g/mol. The zero-order valence-electron chi connectivity index (χ0n) is 13.1. The van der Waals surface area contributed by atoms with E-state index in [0.717, 1.165) is 5.41 Å². The second kappa shape index (κ2) is 6.74. The third kappa shape index (κ3) is 3.75. The van der Waals surface area contributed by atoms with E-state index in [2.05, 4.69) is 0 Å². The number of benzene rings is 2. The van der Waals surface area contributed by atoms with Gasteiger partial charge in [0.2, 0.25) is 9.84 Å². The molecule has 0 atom stereocenters. The molecule has 0 amide bonds. The Kier molecular flexibility index (Phi) is 4.65. The van der Waals surface area contributed by atoms with Gasteiger partial charge in [-0.1, -0.05) is 23.7 Å². The summed E-state index contributed by atoms with van der Waals surface area (Å²) in [5.74, 6) is 0.508. The first-order chi connectivity index (χ1) is 11.9. The SMILES string of the molecule is COc1ccc2cc(S(=O)(=O)C=Cc3ccc(Cl)cc3)c(=O)oc2c1. The fraction of sp³-hybridized carbons (Fsp3) is 0.0556. The third-order valence-electron chi connectivity index (χ3n) is 3.53. The maximum absolute atomic E-state index is 12.5. The van der Waals surface area contributed by atoms with Crippen LogP contribution in [0.25, 0.3) is 17.0 Å². The van der Waals surface area contributed by atoms with Crippen LogP contribution in [0.5, 0.6) is 5.75 Å². The maximum atomic E-state index is 12.5. The van der Waals surface area contributed by atoms with Crippen molar-refractivity contribution in [2.24, 2.45) is 0 Å². The van der Waals surface area contributed by atoms with Crippen LogP contribution in [-0.2, 0) is 9.84 Å². The highest BCUT2D eigenvalue weighted by Crippen LogP contribution is 2.22. The van der Waals surface area contributed by atoms with Crippen molar-refractivity contribution in [3.05, 3.63) is 74.9 Å². The Balaban J connectivity index is 2.03. The minimum absolute atomic E-state index is 0.255. The first-order valence-corrected chi connectivity index (χ1v) is 9.12. The average Bonchev–Trinajstić information content (AvgIpc) is 2.60. The molecule has 3 aromatic rings. The summed E-state index contributed by atoms with van der Waals surface area (Å²) in [7, 11) is -2.47. The van der Waals surface area contributed by atoms with Crippen molar-refractivity contribution < 1.29 is 17.6 Å². The molecule has 3 rings (SSSR count). The van der Waals surface area contributed by atoms with Crippen LogP contribution in [0.4, 0.5) is 0 Å². The lowest BCUT2D eigenvalue weighted by Gasteiger charge is -2.03. The zero-order chi connectivity index (χ0) is 18.0. The van der Waals surface area contributed by atoms with Gasteiger partial charge >= 0.3 is 5.63 Å². The van der Waals surface area contributed by atoms with Crippen molar-refractivity contribution in [1.82, 2.24) is 0 Å². The van der Waals surface area contributed by atoms with Crippen LogP contribution in [0.3, 0.4) is 0 Å². The van der Waals surface area contributed by atoms with Gasteiger partial charge in [-0.15, -0.1) is 0 Å². The molecule has 0 aliphatic rings. The predicted octanol–water partition coefficient (Wildman–Crippen LogP) is 3.90. The number of halogens is 1. The van der Waals surface area contributed by atoms with Crippen molar-refractivity contribution in [3.63, 3.8) is 0 Å². The van der Waals surface area contributed by atoms with Gasteiger partial charge < -0.3 is 9.15 Å². The summed E-state index contributed by atoms with van der Waals surface area (Å²) < 4.78 is 35.1. The highest BCUT2D eigenvalue weighted by Gasteiger charge is 2.18. The Labute approximate surface area is 149 Å². The van der Waals surface area contributed by atoms with Gasteiger partial charge in [-0.3, -0.25) is 0 Å². The quantitative estimate of drug-likeness (QED) is 0.645. The summed E-state index contributed by atoms with van der Waals surface area (Å²) in [6.45, 7) is 0. The van der Waals surface area contributed by atoms with Gasteiger partial charge in [0.15, 0.2) is 4.90 Å². The highest BCUT2D eigenvalue weighted by molar-refractivity contribution is 7.94. The largest absolute Gasteiger partial charge is 0.497 e. The summed E-state index contributed by atoms with van der Waals surface area (Å²) in [4.78, 5) is 11.7. The first-order valence-electron chi connectivity index (χ1n) is 7.20. The first kappa shape index (κ1) is 17.3. The molecule has 0 fully saturated rings. The molecule has 0 saturated carbocycles. The van der Waals surface area contributed by atoms with E-state index < -0.39 is 20.4 Å². The predicted molar refractivity (Wildman–Crippen MR) is 96.7 cm³/mol. The molecule has 5 nitrogen and oxygen atoms in total. The van der Waals surface area contributed by atoms with Crippen LogP contribution in [0.1, 0.15) is 5.56 Å². The molecule has 1 aromatic heterocycles. The zero-order valence-corrected chi connectivity index (χ0v) is 14.7. The molecule has 0 unspecified atom stereocenters. The van der Waals surface area contributed by atoms with Crippen LogP contribution in [0.2, 0.25) is 5.02 Å². The Morgan fingerprint density at radius 2 is 1.80 bits per heavy atom. The van der Waals surface area contributed by atoms with Gasteiger partial charge in [0, 0.05) is 21.9 Å². The van der Waals surface area contributed by atoms with Crippen molar-refractivity contribution in [2.75, 3.05) is 7.11 Å². The van der Waals surface area contributed by atoms with Crippen molar-refractivity contribution in [1.29, 1.82) is 0 Å². The number of rotatable bonds is 4. The summed E-state index contributed by atoms with van der Waals surface area (Å²) in [5, 5.41) is 2.00. The molecule has 0 aliphatic carbocycles. The maximum Gasteiger partial charge on any atom is 0.355 e.